The van der Waals surface area contributed by atoms with Crippen molar-refractivity contribution in [2.45, 2.75) is 25.7 Å². The molecule has 0 atom stereocenters. The highest BCUT2D eigenvalue weighted by Crippen LogP contribution is 2.34. The lowest BCUT2D eigenvalue weighted by Gasteiger charge is -2.30. The summed E-state index contributed by atoms with van der Waals surface area (Å²) in [6, 6.07) is 5.44. The van der Waals surface area contributed by atoms with Crippen LogP contribution in [-0.2, 0) is 4.79 Å². The summed E-state index contributed by atoms with van der Waals surface area (Å²) in [6.07, 6.45) is 2.04. The highest BCUT2D eigenvalue weighted by Gasteiger charge is 2.24. The Balaban J connectivity index is 1.27. The van der Waals surface area contributed by atoms with Gasteiger partial charge in [-0.2, -0.15) is 0 Å². The van der Waals surface area contributed by atoms with Crippen molar-refractivity contribution in [1.82, 2.24) is 15.1 Å². The largest absolute Gasteiger partial charge is 0.454 e. The van der Waals surface area contributed by atoms with E-state index in [9.17, 15) is 4.79 Å². The van der Waals surface area contributed by atoms with Crippen molar-refractivity contribution >= 4 is 22.9 Å². The maximum atomic E-state index is 12.3. The molecule has 25 heavy (non-hydrogen) atoms. The zero-order chi connectivity index (χ0) is 17.2. The quantitative estimate of drug-likeness (QED) is 0.902. The van der Waals surface area contributed by atoms with Crippen molar-refractivity contribution in [3.63, 3.8) is 0 Å². The number of piperidine rings is 1. The molecule has 4 rings (SSSR count). The van der Waals surface area contributed by atoms with Gasteiger partial charge >= 0.3 is 0 Å². The van der Waals surface area contributed by atoms with Gasteiger partial charge in [0.25, 0.3) is 0 Å². The highest BCUT2D eigenvalue weighted by atomic mass is 32.1. The second kappa shape index (κ2) is 6.97. The van der Waals surface area contributed by atoms with E-state index in [1.807, 2.05) is 19.1 Å². The Hall–Kier alpha value is -2.19. The van der Waals surface area contributed by atoms with Gasteiger partial charge in [-0.3, -0.25) is 9.69 Å². The van der Waals surface area contributed by atoms with Gasteiger partial charge in [-0.1, -0.05) is 0 Å². The fourth-order valence-corrected chi connectivity index (χ4v) is 4.06. The number of ether oxygens (including phenoxy) is 2. The van der Waals surface area contributed by atoms with Crippen LogP contribution in [-0.4, -0.2) is 47.4 Å². The summed E-state index contributed by atoms with van der Waals surface area (Å²) >= 11 is 1.68. The predicted octanol–water partition coefficient (Wildman–Crippen LogP) is 2.39. The molecule has 2 aliphatic heterocycles. The second-order valence-electron chi connectivity index (χ2n) is 6.33. The van der Waals surface area contributed by atoms with Gasteiger partial charge in [-0.15, -0.1) is 21.5 Å². The molecule has 1 fully saturated rings. The van der Waals surface area contributed by atoms with Crippen LogP contribution in [0.5, 0.6) is 11.5 Å². The molecule has 1 amide bonds. The van der Waals surface area contributed by atoms with E-state index in [-0.39, 0.29) is 12.7 Å². The second-order valence-corrected chi connectivity index (χ2v) is 7.54. The number of carbonyl (C=O) groups is 1. The number of likely N-dealkylation sites (tertiary alicyclic amines) is 1. The molecule has 0 spiro atoms. The molecule has 0 bridgehead atoms. The zero-order valence-electron chi connectivity index (χ0n) is 14.0. The number of hydrogen-bond acceptors (Lipinski definition) is 7. The molecule has 1 aromatic carbocycles. The third kappa shape index (κ3) is 3.74. The van der Waals surface area contributed by atoms with Crippen molar-refractivity contribution in [3.05, 3.63) is 28.2 Å². The van der Waals surface area contributed by atoms with Crippen LogP contribution in [0.25, 0.3) is 0 Å². The fraction of sp³-hybridized carbons (Fsp3) is 0.471. The summed E-state index contributed by atoms with van der Waals surface area (Å²) in [7, 11) is 0. The van der Waals surface area contributed by atoms with Gasteiger partial charge in [-0.05, 0) is 45.0 Å². The molecule has 8 heteroatoms. The zero-order valence-corrected chi connectivity index (χ0v) is 14.8. The van der Waals surface area contributed by atoms with Gasteiger partial charge in [0.1, 0.15) is 10.0 Å². The van der Waals surface area contributed by atoms with E-state index in [1.54, 1.807) is 17.4 Å². The predicted molar refractivity (Wildman–Crippen MR) is 94.3 cm³/mol. The van der Waals surface area contributed by atoms with Crippen LogP contribution in [0.1, 0.15) is 28.8 Å². The van der Waals surface area contributed by atoms with E-state index in [2.05, 4.69) is 20.4 Å². The van der Waals surface area contributed by atoms with Gasteiger partial charge < -0.3 is 14.8 Å². The van der Waals surface area contributed by atoms with Crippen molar-refractivity contribution in [2.24, 2.45) is 0 Å². The summed E-state index contributed by atoms with van der Waals surface area (Å²) in [5, 5.41) is 13.4. The number of nitrogens with zero attached hydrogens (tertiary/aromatic N) is 3. The number of anilines is 1. The molecule has 1 aromatic heterocycles. The van der Waals surface area contributed by atoms with Crippen LogP contribution < -0.4 is 14.8 Å². The number of amides is 1. The Bertz CT molecular complexity index is 771. The smallest absolute Gasteiger partial charge is 0.238 e. The van der Waals surface area contributed by atoms with Gasteiger partial charge in [0.2, 0.25) is 12.7 Å². The maximum absolute atomic E-state index is 12.3. The first kappa shape index (κ1) is 16.3. The first-order chi connectivity index (χ1) is 12.2. The van der Waals surface area contributed by atoms with Crippen LogP contribution in [0.2, 0.25) is 0 Å². The first-order valence-electron chi connectivity index (χ1n) is 8.39. The van der Waals surface area contributed by atoms with Crippen LogP contribution in [0, 0.1) is 6.92 Å². The molecular weight excluding hydrogens is 340 g/mol. The third-order valence-corrected chi connectivity index (χ3v) is 5.50. The summed E-state index contributed by atoms with van der Waals surface area (Å²) in [6.45, 7) is 4.42. The Morgan fingerprint density at radius 1 is 1.28 bits per heavy atom. The van der Waals surface area contributed by atoms with E-state index >= 15 is 0 Å². The monoisotopic (exact) mass is 360 g/mol. The molecule has 0 saturated carbocycles. The number of carbonyl (C=O) groups excluding carboxylic acids is 1. The van der Waals surface area contributed by atoms with Crippen LogP contribution in [0.15, 0.2) is 18.2 Å². The fourth-order valence-electron chi connectivity index (χ4n) is 3.19. The molecule has 0 unspecified atom stereocenters. The van der Waals surface area contributed by atoms with Gasteiger partial charge in [-0.25, -0.2) is 0 Å². The lowest BCUT2D eigenvalue weighted by molar-refractivity contribution is -0.117. The highest BCUT2D eigenvalue weighted by molar-refractivity contribution is 7.11. The van der Waals surface area contributed by atoms with Crippen molar-refractivity contribution < 1.29 is 14.3 Å². The Morgan fingerprint density at radius 3 is 2.84 bits per heavy atom. The Morgan fingerprint density at radius 2 is 2.08 bits per heavy atom. The molecule has 0 aliphatic carbocycles. The van der Waals surface area contributed by atoms with Gasteiger partial charge in [0, 0.05) is 17.7 Å². The number of benzene rings is 1. The van der Waals surface area contributed by atoms with Gasteiger partial charge in [0.15, 0.2) is 11.5 Å². The van der Waals surface area contributed by atoms with Crippen LogP contribution in [0.4, 0.5) is 5.69 Å². The third-order valence-electron chi connectivity index (χ3n) is 4.50. The summed E-state index contributed by atoms with van der Waals surface area (Å²) in [5.41, 5.74) is 0.730. The number of nitrogens with one attached hydrogen (secondary N) is 1. The van der Waals surface area contributed by atoms with Gasteiger partial charge in [0.05, 0.1) is 6.54 Å². The van der Waals surface area contributed by atoms with Crippen LogP contribution >= 0.6 is 11.3 Å². The summed E-state index contributed by atoms with van der Waals surface area (Å²) in [5.74, 6) is 1.85. The molecule has 3 heterocycles. The van der Waals surface area contributed by atoms with Crippen molar-refractivity contribution in [1.29, 1.82) is 0 Å². The van der Waals surface area contributed by atoms with Crippen molar-refractivity contribution in [2.75, 3.05) is 31.7 Å². The number of hydrogen-bond donors (Lipinski definition) is 1. The normalized spacial score (nSPS) is 17.6. The minimum absolute atomic E-state index is 0.0101. The number of aryl methyl sites for hydroxylation is 1. The van der Waals surface area contributed by atoms with E-state index in [0.29, 0.717) is 24.0 Å². The van der Waals surface area contributed by atoms with E-state index in [0.717, 1.165) is 41.6 Å². The summed E-state index contributed by atoms with van der Waals surface area (Å²) in [4.78, 5) is 14.5. The SMILES string of the molecule is Cc1nnc(C2CCN(CC(=O)Nc3ccc4c(c3)OCO4)CC2)s1. The minimum Gasteiger partial charge on any atom is -0.454 e. The first-order valence-corrected chi connectivity index (χ1v) is 9.21. The molecular formula is C17H20N4O3S. The average molecular weight is 360 g/mol. The number of aromatic nitrogens is 2. The number of fused-ring (bicyclic) bond motifs is 1. The minimum atomic E-state index is -0.0101. The van der Waals surface area contributed by atoms with Crippen LogP contribution in [0.3, 0.4) is 0 Å². The standard InChI is InChI=1S/C17H20N4O3S/c1-11-19-20-17(25-11)12-4-6-21(7-5-12)9-16(22)18-13-2-3-14-15(8-13)24-10-23-14/h2-3,8,12H,4-7,9-10H2,1H3,(H,18,22). The maximum Gasteiger partial charge on any atom is 0.238 e. The number of rotatable bonds is 4. The van der Waals surface area contributed by atoms with E-state index < -0.39 is 0 Å². The molecule has 2 aromatic rings. The molecule has 1 N–H and O–H groups in total. The molecule has 7 nitrogen and oxygen atoms in total. The molecule has 2 aliphatic rings. The topological polar surface area (TPSA) is 76.6 Å². The lowest BCUT2D eigenvalue weighted by atomic mass is 9.98. The molecule has 132 valence electrons. The van der Waals surface area contributed by atoms with E-state index in [4.69, 9.17) is 9.47 Å². The Labute approximate surface area is 150 Å². The average Bonchev–Trinajstić information content (AvgIpc) is 3.24. The summed E-state index contributed by atoms with van der Waals surface area (Å²) < 4.78 is 10.6. The van der Waals surface area contributed by atoms with Crippen molar-refractivity contribution in [3.8, 4) is 11.5 Å². The molecule has 1 saturated heterocycles. The lowest BCUT2D eigenvalue weighted by Crippen LogP contribution is -2.38. The molecule has 0 radical (unpaired) electrons. The Kier molecular flexibility index (Phi) is 4.54. The van der Waals surface area contributed by atoms with E-state index in [1.165, 1.54) is 0 Å².